The lowest BCUT2D eigenvalue weighted by atomic mass is 10.1. The highest BCUT2D eigenvalue weighted by molar-refractivity contribution is 6.36. The highest BCUT2D eigenvalue weighted by Gasteiger charge is 2.35. The molecule has 0 unspecified atom stereocenters. The molecule has 4 rings (SSSR count). The Kier molecular flexibility index (Phi) is 7.24. The molecule has 0 bridgehead atoms. The number of carbonyl (C=O) groups excluding carboxylic acids is 1. The van der Waals surface area contributed by atoms with Crippen LogP contribution in [0.5, 0.6) is 0 Å². The Morgan fingerprint density at radius 1 is 1.28 bits per heavy atom. The van der Waals surface area contributed by atoms with E-state index in [1.54, 1.807) is 19.2 Å². The summed E-state index contributed by atoms with van der Waals surface area (Å²) >= 11 is 6.79. The summed E-state index contributed by atoms with van der Waals surface area (Å²) in [5.41, 5.74) is 1.96. The van der Waals surface area contributed by atoms with Crippen molar-refractivity contribution in [3.63, 3.8) is 0 Å². The number of ether oxygens (including phenoxy) is 2. The summed E-state index contributed by atoms with van der Waals surface area (Å²) in [5.74, 6) is 0.584. The smallest absolute Gasteiger partial charge is 0.407 e. The largest absolute Gasteiger partial charge is 0.453 e. The van der Waals surface area contributed by atoms with Gasteiger partial charge in [0, 0.05) is 26.7 Å². The fraction of sp³-hybridized carbons (Fsp3) is 0.364. The molecule has 0 spiro atoms. The van der Waals surface area contributed by atoms with Crippen molar-refractivity contribution in [3.8, 4) is 12.1 Å². The van der Waals surface area contributed by atoms with Crippen LogP contribution in [0.15, 0.2) is 18.3 Å². The second-order valence-electron chi connectivity index (χ2n) is 7.82. The van der Waals surface area contributed by atoms with Gasteiger partial charge in [-0.05, 0) is 19.1 Å². The van der Waals surface area contributed by atoms with Crippen molar-refractivity contribution >= 4 is 46.5 Å². The number of carbonyl (C=O) groups is 1. The Morgan fingerprint density at radius 2 is 2.08 bits per heavy atom. The molecule has 1 aliphatic rings. The number of hydrogen-bond acceptors (Lipinski definition) is 11. The van der Waals surface area contributed by atoms with E-state index in [0.717, 1.165) is 0 Å². The van der Waals surface area contributed by atoms with Gasteiger partial charge in [-0.2, -0.15) is 20.0 Å². The van der Waals surface area contributed by atoms with E-state index in [1.807, 2.05) is 17.9 Å². The SMILES string of the molecule is CCNc1nc(Nc2cc(C#N)cc(N3C[C@H](NC(=O)OC)[C@@H](OC)C3)c2Cl)nn2c(C#N)cnc12. The first kappa shape index (κ1) is 24.8. The maximum Gasteiger partial charge on any atom is 0.407 e. The van der Waals surface area contributed by atoms with Crippen LogP contribution in [0.25, 0.3) is 5.65 Å². The van der Waals surface area contributed by atoms with E-state index in [4.69, 9.17) is 21.1 Å². The lowest BCUT2D eigenvalue weighted by Gasteiger charge is -2.22. The van der Waals surface area contributed by atoms with Gasteiger partial charge in [-0.25, -0.2) is 9.78 Å². The minimum atomic E-state index is -0.566. The standard InChI is InChI=1S/C22H23ClN10O3/c1-4-26-19-20-27-9-13(8-25)33(20)31-21(30-19)28-14-5-12(7-24)6-16(18(14)23)32-10-15(17(11-32)35-2)29-22(34)36-3/h5-6,9,15,17H,4,10-11H2,1-3H3,(H,29,34)(H2,26,28,30,31)/t15-,17-/m0/s1. The summed E-state index contributed by atoms with van der Waals surface area (Å²) in [7, 11) is 2.85. The molecular formula is C22H23ClN10O3. The second kappa shape index (κ2) is 10.5. The van der Waals surface area contributed by atoms with Crippen molar-refractivity contribution in [3.05, 3.63) is 34.6 Å². The molecule has 3 aromatic rings. The van der Waals surface area contributed by atoms with Crippen LogP contribution in [-0.2, 0) is 9.47 Å². The van der Waals surface area contributed by atoms with E-state index in [-0.39, 0.29) is 23.8 Å². The van der Waals surface area contributed by atoms with Crippen LogP contribution in [0, 0.1) is 22.7 Å². The van der Waals surface area contributed by atoms with Gasteiger partial charge < -0.3 is 30.3 Å². The highest BCUT2D eigenvalue weighted by Crippen LogP contribution is 2.37. The topological polar surface area (TPSA) is 166 Å². The Labute approximate surface area is 211 Å². The molecule has 1 aromatic carbocycles. The molecule has 1 amide bonds. The van der Waals surface area contributed by atoms with Gasteiger partial charge in [0.1, 0.15) is 6.07 Å². The van der Waals surface area contributed by atoms with Crippen LogP contribution < -0.4 is 20.9 Å². The van der Waals surface area contributed by atoms with Crippen molar-refractivity contribution in [2.75, 3.05) is 49.4 Å². The monoisotopic (exact) mass is 510 g/mol. The summed E-state index contributed by atoms with van der Waals surface area (Å²) in [6, 6.07) is 7.09. The number of nitriles is 2. The van der Waals surface area contributed by atoms with Crippen LogP contribution in [0.1, 0.15) is 18.2 Å². The average molecular weight is 511 g/mol. The number of methoxy groups -OCH3 is 2. The number of hydrogen-bond donors (Lipinski definition) is 3. The first-order valence-electron chi connectivity index (χ1n) is 10.9. The van der Waals surface area contributed by atoms with Gasteiger partial charge in [0.2, 0.25) is 5.95 Å². The summed E-state index contributed by atoms with van der Waals surface area (Å²) in [5, 5.41) is 32.7. The second-order valence-corrected chi connectivity index (χ2v) is 8.20. The van der Waals surface area contributed by atoms with Gasteiger partial charge >= 0.3 is 6.09 Å². The first-order chi connectivity index (χ1) is 17.4. The number of amides is 1. The minimum absolute atomic E-state index is 0.150. The van der Waals surface area contributed by atoms with Crippen molar-refractivity contribution in [2.45, 2.75) is 19.1 Å². The molecule has 36 heavy (non-hydrogen) atoms. The highest BCUT2D eigenvalue weighted by atomic mass is 35.5. The van der Waals surface area contributed by atoms with Crippen molar-refractivity contribution < 1.29 is 14.3 Å². The maximum absolute atomic E-state index is 11.8. The van der Waals surface area contributed by atoms with Crippen molar-refractivity contribution in [2.24, 2.45) is 0 Å². The number of nitrogens with zero attached hydrogens (tertiary/aromatic N) is 7. The predicted octanol–water partition coefficient (Wildman–Crippen LogP) is 2.26. The zero-order valence-electron chi connectivity index (χ0n) is 19.7. The third-order valence-corrected chi connectivity index (χ3v) is 6.05. The number of anilines is 4. The van der Waals surface area contributed by atoms with Crippen LogP contribution in [0.2, 0.25) is 5.02 Å². The van der Waals surface area contributed by atoms with Gasteiger partial charge in [-0.3, -0.25) is 0 Å². The quantitative estimate of drug-likeness (QED) is 0.426. The van der Waals surface area contributed by atoms with Gasteiger partial charge in [0.15, 0.2) is 17.2 Å². The van der Waals surface area contributed by atoms with E-state index in [0.29, 0.717) is 53.1 Å². The van der Waals surface area contributed by atoms with E-state index in [2.05, 4.69) is 37.1 Å². The summed E-state index contributed by atoms with van der Waals surface area (Å²) in [6.07, 6.45) is 0.527. The lowest BCUT2D eigenvalue weighted by molar-refractivity contribution is 0.0922. The van der Waals surface area contributed by atoms with E-state index < -0.39 is 6.09 Å². The Morgan fingerprint density at radius 3 is 2.75 bits per heavy atom. The fourth-order valence-corrected chi connectivity index (χ4v) is 4.25. The molecule has 0 saturated carbocycles. The molecule has 3 N–H and O–H groups in total. The maximum atomic E-state index is 11.8. The van der Waals surface area contributed by atoms with Gasteiger partial charge in [-0.15, -0.1) is 5.10 Å². The Balaban J connectivity index is 1.71. The van der Waals surface area contributed by atoms with E-state index in [9.17, 15) is 15.3 Å². The third kappa shape index (κ3) is 4.75. The molecular weight excluding hydrogens is 488 g/mol. The van der Waals surface area contributed by atoms with Crippen LogP contribution in [0.3, 0.4) is 0 Å². The van der Waals surface area contributed by atoms with Gasteiger partial charge in [0.05, 0.1) is 53.5 Å². The molecule has 3 heterocycles. The van der Waals surface area contributed by atoms with Gasteiger partial charge in [0.25, 0.3) is 0 Å². The first-order valence-corrected chi connectivity index (χ1v) is 11.3. The molecule has 0 aliphatic carbocycles. The molecule has 186 valence electrons. The summed E-state index contributed by atoms with van der Waals surface area (Å²) in [6.45, 7) is 3.29. The van der Waals surface area contributed by atoms with E-state index in [1.165, 1.54) is 17.8 Å². The van der Waals surface area contributed by atoms with Crippen molar-refractivity contribution in [1.29, 1.82) is 10.5 Å². The Bertz CT molecular complexity index is 1380. The normalized spacial score (nSPS) is 16.9. The molecule has 1 aliphatic heterocycles. The molecule has 14 heteroatoms. The zero-order valence-corrected chi connectivity index (χ0v) is 20.5. The average Bonchev–Trinajstić information content (AvgIpc) is 3.49. The number of aromatic nitrogens is 4. The molecule has 1 fully saturated rings. The molecule has 2 aromatic heterocycles. The number of halogens is 1. The number of rotatable bonds is 7. The summed E-state index contributed by atoms with van der Waals surface area (Å²) < 4.78 is 11.6. The number of nitrogens with one attached hydrogen (secondary N) is 3. The molecule has 0 radical (unpaired) electrons. The Hall–Kier alpha value is -4.33. The minimum Gasteiger partial charge on any atom is -0.453 e. The van der Waals surface area contributed by atoms with Gasteiger partial charge in [-0.1, -0.05) is 11.6 Å². The van der Waals surface area contributed by atoms with Crippen LogP contribution in [0.4, 0.5) is 27.9 Å². The number of fused-ring (bicyclic) bond motifs is 1. The number of imidazole rings is 1. The summed E-state index contributed by atoms with van der Waals surface area (Å²) in [4.78, 5) is 22.4. The molecule has 13 nitrogen and oxygen atoms in total. The zero-order chi connectivity index (χ0) is 25.8. The van der Waals surface area contributed by atoms with Crippen LogP contribution >= 0.6 is 11.6 Å². The molecule has 1 saturated heterocycles. The third-order valence-electron chi connectivity index (χ3n) is 5.65. The lowest BCUT2D eigenvalue weighted by Crippen LogP contribution is -2.43. The number of benzene rings is 1. The van der Waals surface area contributed by atoms with E-state index >= 15 is 0 Å². The number of alkyl carbamates (subject to hydrolysis) is 1. The van der Waals surface area contributed by atoms with Crippen LogP contribution in [-0.4, -0.2) is 71.7 Å². The fourth-order valence-electron chi connectivity index (χ4n) is 3.97. The van der Waals surface area contributed by atoms with Crippen molar-refractivity contribution in [1.82, 2.24) is 24.9 Å². The predicted molar refractivity (Wildman–Crippen MR) is 131 cm³/mol. The molecule has 2 atom stereocenters.